The molecule has 2 aromatic rings. The van der Waals surface area contributed by atoms with E-state index < -0.39 is 0 Å². The van der Waals surface area contributed by atoms with E-state index in [4.69, 9.17) is 0 Å². The fraction of sp³-hybridized carbons (Fsp3) is 0.263. The molecule has 0 saturated carbocycles. The molecule has 5 heteroatoms. The summed E-state index contributed by atoms with van der Waals surface area (Å²) < 4.78 is 0. The van der Waals surface area contributed by atoms with E-state index in [0.717, 1.165) is 12.8 Å². The molecule has 3 N–H and O–H groups in total. The van der Waals surface area contributed by atoms with Crippen molar-refractivity contribution in [3.8, 4) is 0 Å². The van der Waals surface area contributed by atoms with Gasteiger partial charge in [-0.25, -0.2) is 4.79 Å². The maximum absolute atomic E-state index is 12.0. The lowest BCUT2D eigenvalue weighted by Gasteiger charge is -2.15. The highest BCUT2D eigenvalue weighted by Gasteiger charge is 2.08. The molecule has 2 rings (SSSR count). The van der Waals surface area contributed by atoms with Crippen molar-refractivity contribution in [2.24, 2.45) is 0 Å². The van der Waals surface area contributed by atoms with Gasteiger partial charge in [-0.1, -0.05) is 30.3 Å². The highest BCUT2D eigenvalue weighted by molar-refractivity contribution is 5.95. The molecule has 0 saturated heterocycles. The molecule has 0 unspecified atom stereocenters. The van der Waals surface area contributed by atoms with Crippen LogP contribution in [0.5, 0.6) is 0 Å². The van der Waals surface area contributed by atoms with Crippen molar-refractivity contribution in [3.05, 3.63) is 65.7 Å². The Hall–Kier alpha value is -2.82. The second-order valence-electron chi connectivity index (χ2n) is 5.68. The summed E-state index contributed by atoms with van der Waals surface area (Å²) in [7, 11) is 1.58. The number of rotatable bonds is 6. The minimum absolute atomic E-state index is 0.0651. The van der Waals surface area contributed by atoms with Gasteiger partial charge in [0, 0.05) is 24.3 Å². The molecule has 1 atom stereocenters. The van der Waals surface area contributed by atoms with Crippen LogP contribution >= 0.6 is 0 Å². The number of urea groups is 1. The van der Waals surface area contributed by atoms with E-state index >= 15 is 0 Å². The van der Waals surface area contributed by atoms with Crippen LogP contribution in [0, 0.1) is 0 Å². The third kappa shape index (κ3) is 5.43. The van der Waals surface area contributed by atoms with Crippen molar-refractivity contribution in [2.45, 2.75) is 25.8 Å². The fourth-order valence-corrected chi connectivity index (χ4v) is 2.34. The van der Waals surface area contributed by atoms with Gasteiger partial charge < -0.3 is 16.0 Å². The first-order valence-electron chi connectivity index (χ1n) is 8.02. The number of nitrogens with one attached hydrogen (secondary N) is 3. The van der Waals surface area contributed by atoms with E-state index in [1.807, 2.05) is 25.1 Å². The van der Waals surface area contributed by atoms with E-state index in [0.29, 0.717) is 11.3 Å². The summed E-state index contributed by atoms with van der Waals surface area (Å²) in [6.07, 6.45) is 1.79. The maximum Gasteiger partial charge on any atom is 0.319 e. The van der Waals surface area contributed by atoms with Crippen molar-refractivity contribution in [3.63, 3.8) is 0 Å². The topological polar surface area (TPSA) is 70.2 Å². The normalized spacial score (nSPS) is 11.4. The lowest BCUT2D eigenvalue weighted by molar-refractivity contribution is 0.0963. The Labute approximate surface area is 142 Å². The summed E-state index contributed by atoms with van der Waals surface area (Å²) in [5.74, 6) is -0.152. The van der Waals surface area contributed by atoms with Crippen molar-refractivity contribution < 1.29 is 9.59 Å². The Morgan fingerprint density at radius 3 is 2.29 bits per heavy atom. The van der Waals surface area contributed by atoms with Gasteiger partial charge in [0.25, 0.3) is 5.91 Å². The molecule has 0 aliphatic rings. The minimum Gasteiger partial charge on any atom is -0.355 e. The number of anilines is 1. The summed E-state index contributed by atoms with van der Waals surface area (Å²) in [5, 5.41) is 8.25. The molecule has 0 aliphatic carbocycles. The van der Waals surface area contributed by atoms with E-state index in [1.54, 1.807) is 31.3 Å². The van der Waals surface area contributed by atoms with Gasteiger partial charge in [0.15, 0.2) is 0 Å². The average Bonchev–Trinajstić information content (AvgIpc) is 2.60. The quantitative estimate of drug-likeness (QED) is 0.763. The van der Waals surface area contributed by atoms with Crippen molar-refractivity contribution >= 4 is 17.6 Å². The number of carbonyl (C=O) groups excluding carboxylic acids is 2. The Morgan fingerprint density at radius 2 is 1.67 bits per heavy atom. The molecule has 24 heavy (non-hydrogen) atoms. The Balaban J connectivity index is 1.78. The maximum atomic E-state index is 12.0. The number of hydrogen-bond acceptors (Lipinski definition) is 2. The van der Waals surface area contributed by atoms with Gasteiger partial charge in [0.1, 0.15) is 0 Å². The van der Waals surface area contributed by atoms with Crippen molar-refractivity contribution in [1.82, 2.24) is 10.6 Å². The van der Waals surface area contributed by atoms with Crippen LogP contribution in [0.4, 0.5) is 10.5 Å². The first-order valence-corrected chi connectivity index (χ1v) is 8.02. The SMILES string of the molecule is CNC(=O)c1ccc(NC(=O)N[C@@H](C)CCc2ccccc2)cc1. The van der Waals surface area contributed by atoms with Crippen LogP contribution < -0.4 is 16.0 Å². The first kappa shape index (κ1) is 17.5. The second kappa shape index (κ2) is 8.72. The number of benzene rings is 2. The molecule has 0 aromatic heterocycles. The average molecular weight is 325 g/mol. The molecular formula is C19H23N3O2. The molecule has 0 bridgehead atoms. The smallest absolute Gasteiger partial charge is 0.319 e. The molecule has 0 aliphatic heterocycles. The first-order chi connectivity index (χ1) is 11.6. The minimum atomic E-state index is -0.247. The summed E-state index contributed by atoms with van der Waals surface area (Å²) in [6, 6.07) is 16.8. The van der Waals surface area contributed by atoms with Gasteiger partial charge in [-0.15, -0.1) is 0 Å². The Bertz CT molecular complexity index is 669. The molecule has 3 amide bonds. The van der Waals surface area contributed by atoms with Gasteiger partial charge in [0.2, 0.25) is 0 Å². The van der Waals surface area contributed by atoms with E-state index in [2.05, 4.69) is 28.1 Å². The number of carbonyl (C=O) groups is 2. The zero-order chi connectivity index (χ0) is 17.4. The summed E-state index contributed by atoms with van der Waals surface area (Å²) >= 11 is 0. The van der Waals surface area contributed by atoms with Gasteiger partial charge in [-0.2, -0.15) is 0 Å². The highest BCUT2D eigenvalue weighted by Crippen LogP contribution is 2.10. The Kier molecular flexibility index (Phi) is 6.37. The standard InChI is InChI=1S/C19H23N3O2/c1-14(8-9-15-6-4-3-5-7-15)21-19(24)22-17-12-10-16(11-13-17)18(23)20-2/h3-7,10-14H,8-9H2,1-2H3,(H,20,23)(H2,21,22,24)/t14-/m0/s1. The van der Waals surface area contributed by atoms with Crippen molar-refractivity contribution in [2.75, 3.05) is 12.4 Å². The highest BCUT2D eigenvalue weighted by atomic mass is 16.2. The van der Waals surface area contributed by atoms with E-state index in [-0.39, 0.29) is 18.0 Å². The van der Waals surface area contributed by atoms with Crippen LogP contribution in [0.3, 0.4) is 0 Å². The number of hydrogen-bond donors (Lipinski definition) is 3. The molecule has 0 spiro atoms. The molecule has 0 fully saturated rings. The third-order valence-corrected chi connectivity index (χ3v) is 3.72. The second-order valence-corrected chi connectivity index (χ2v) is 5.68. The van der Waals surface area contributed by atoms with Crippen LogP contribution in [-0.2, 0) is 6.42 Å². The van der Waals surface area contributed by atoms with Gasteiger partial charge in [-0.05, 0) is 49.6 Å². The van der Waals surface area contributed by atoms with Crippen LogP contribution in [0.25, 0.3) is 0 Å². The summed E-state index contributed by atoms with van der Waals surface area (Å²) in [5.41, 5.74) is 2.46. The monoisotopic (exact) mass is 325 g/mol. The van der Waals surface area contributed by atoms with Gasteiger partial charge in [-0.3, -0.25) is 4.79 Å². The van der Waals surface area contributed by atoms with Gasteiger partial charge >= 0.3 is 6.03 Å². The predicted molar refractivity (Wildman–Crippen MR) is 96.2 cm³/mol. The molecule has 126 valence electrons. The van der Waals surface area contributed by atoms with Gasteiger partial charge in [0.05, 0.1) is 0 Å². The van der Waals surface area contributed by atoms with Crippen LogP contribution in [0.1, 0.15) is 29.3 Å². The Morgan fingerprint density at radius 1 is 1.00 bits per heavy atom. The van der Waals surface area contributed by atoms with Crippen molar-refractivity contribution in [1.29, 1.82) is 0 Å². The largest absolute Gasteiger partial charge is 0.355 e. The lowest BCUT2D eigenvalue weighted by Crippen LogP contribution is -2.36. The molecule has 5 nitrogen and oxygen atoms in total. The fourth-order valence-electron chi connectivity index (χ4n) is 2.34. The summed E-state index contributed by atoms with van der Waals surface area (Å²) in [6.45, 7) is 1.98. The van der Waals surface area contributed by atoms with E-state index in [9.17, 15) is 9.59 Å². The molecule has 0 heterocycles. The third-order valence-electron chi connectivity index (χ3n) is 3.72. The predicted octanol–water partition coefficient (Wildman–Crippen LogP) is 3.19. The number of amides is 3. The summed E-state index contributed by atoms with van der Waals surface area (Å²) in [4.78, 5) is 23.5. The van der Waals surface area contributed by atoms with E-state index in [1.165, 1.54) is 5.56 Å². The molecule has 2 aromatic carbocycles. The number of aryl methyl sites for hydroxylation is 1. The molecular weight excluding hydrogens is 302 g/mol. The van der Waals surface area contributed by atoms with Crippen LogP contribution in [0.15, 0.2) is 54.6 Å². The zero-order valence-corrected chi connectivity index (χ0v) is 14.0. The molecule has 0 radical (unpaired) electrons. The zero-order valence-electron chi connectivity index (χ0n) is 14.0. The van der Waals surface area contributed by atoms with Crippen LogP contribution in [0.2, 0.25) is 0 Å². The lowest BCUT2D eigenvalue weighted by atomic mass is 10.1. The van der Waals surface area contributed by atoms with Crippen LogP contribution in [-0.4, -0.2) is 25.0 Å².